The topological polar surface area (TPSA) is 74.8 Å². The van der Waals surface area contributed by atoms with Crippen LogP contribution in [0.5, 0.6) is 0 Å². The normalized spacial score (nSPS) is 31.1. The molecule has 4 atom stereocenters. The summed E-state index contributed by atoms with van der Waals surface area (Å²) in [5.41, 5.74) is 0. The second kappa shape index (κ2) is 7.20. The van der Waals surface area contributed by atoms with Crippen LogP contribution in [-0.2, 0) is 19.4 Å². The number of piperazine rings is 1. The van der Waals surface area contributed by atoms with Gasteiger partial charge >= 0.3 is 0 Å². The summed E-state index contributed by atoms with van der Waals surface area (Å²) in [6, 6.07) is 0.186. The molecule has 1 unspecified atom stereocenters. The summed E-state index contributed by atoms with van der Waals surface area (Å²) in [5.74, 6) is 3.26. The summed E-state index contributed by atoms with van der Waals surface area (Å²) in [6.45, 7) is 3.03. The average molecular weight is 385 g/mol. The van der Waals surface area contributed by atoms with E-state index in [1.54, 1.807) is 0 Å². The SMILES string of the molecule is C#CC[C@@H](C)C(=O)N1C[C@@H]2C[C@H]1CN2C(=O)CSC1CCS(=O)(=O)C1. The van der Waals surface area contributed by atoms with Crippen molar-refractivity contribution >= 4 is 33.4 Å². The largest absolute Gasteiger partial charge is 0.336 e. The number of hydrogen-bond acceptors (Lipinski definition) is 5. The van der Waals surface area contributed by atoms with Crippen molar-refractivity contribution in [2.24, 2.45) is 5.92 Å². The molecule has 0 radical (unpaired) electrons. The first-order chi connectivity index (χ1) is 11.8. The Morgan fingerprint density at radius 3 is 2.52 bits per heavy atom. The molecule has 0 spiro atoms. The van der Waals surface area contributed by atoms with Gasteiger partial charge in [0.25, 0.3) is 0 Å². The fourth-order valence-electron chi connectivity index (χ4n) is 3.95. The van der Waals surface area contributed by atoms with Gasteiger partial charge in [-0.15, -0.1) is 24.1 Å². The molecule has 0 aromatic rings. The van der Waals surface area contributed by atoms with E-state index in [0.717, 1.165) is 6.42 Å². The summed E-state index contributed by atoms with van der Waals surface area (Å²) < 4.78 is 23.0. The van der Waals surface area contributed by atoms with Crippen LogP contribution >= 0.6 is 11.8 Å². The number of fused-ring (bicyclic) bond motifs is 2. The molecular formula is C17H24N2O4S2. The minimum Gasteiger partial charge on any atom is -0.336 e. The van der Waals surface area contributed by atoms with Gasteiger partial charge in [-0.2, -0.15) is 0 Å². The molecule has 3 fully saturated rings. The van der Waals surface area contributed by atoms with Crippen LogP contribution in [0.4, 0.5) is 0 Å². The first-order valence-corrected chi connectivity index (χ1v) is 11.5. The van der Waals surface area contributed by atoms with Gasteiger partial charge in [0.1, 0.15) is 0 Å². The smallest absolute Gasteiger partial charge is 0.232 e. The number of thioether (sulfide) groups is 1. The molecule has 3 heterocycles. The van der Waals surface area contributed by atoms with Gasteiger partial charge in [-0.25, -0.2) is 8.42 Å². The van der Waals surface area contributed by atoms with Crippen LogP contribution in [-0.4, -0.2) is 77.7 Å². The first kappa shape index (κ1) is 18.6. The number of rotatable bonds is 5. The molecule has 0 aromatic carbocycles. The molecular weight excluding hydrogens is 360 g/mol. The van der Waals surface area contributed by atoms with Gasteiger partial charge in [0.15, 0.2) is 9.84 Å². The summed E-state index contributed by atoms with van der Waals surface area (Å²) in [5, 5.41) is 0.0384. The third kappa shape index (κ3) is 3.98. The van der Waals surface area contributed by atoms with E-state index in [4.69, 9.17) is 6.42 Å². The number of terminal acetylenes is 1. The highest BCUT2D eigenvalue weighted by Gasteiger charge is 2.47. The van der Waals surface area contributed by atoms with E-state index in [1.165, 1.54) is 11.8 Å². The van der Waals surface area contributed by atoms with E-state index in [2.05, 4.69) is 5.92 Å². The van der Waals surface area contributed by atoms with Crippen LogP contribution in [0.3, 0.4) is 0 Å². The highest BCUT2D eigenvalue weighted by atomic mass is 32.2. The second-order valence-electron chi connectivity index (χ2n) is 7.23. The van der Waals surface area contributed by atoms with Crippen LogP contribution < -0.4 is 0 Å². The molecule has 6 nitrogen and oxygen atoms in total. The summed E-state index contributed by atoms with van der Waals surface area (Å²) >= 11 is 1.45. The predicted molar refractivity (Wildman–Crippen MR) is 97.7 cm³/mol. The molecule has 0 aromatic heterocycles. The summed E-state index contributed by atoms with van der Waals surface area (Å²) in [7, 11) is -2.90. The number of carbonyl (C=O) groups is 2. The molecule has 3 rings (SSSR count). The average Bonchev–Trinajstić information content (AvgIpc) is 3.25. The number of carbonyl (C=O) groups excluding carboxylic acids is 2. The molecule has 3 aliphatic heterocycles. The zero-order valence-electron chi connectivity index (χ0n) is 14.4. The zero-order valence-corrected chi connectivity index (χ0v) is 16.0. The quantitative estimate of drug-likeness (QED) is 0.641. The maximum absolute atomic E-state index is 12.5. The highest BCUT2D eigenvalue weighted by Crippen LogP contribution is 2.33. The molecule has 2 bridgehead atoms. The molecule has 3 aliphatic rings. The van der Waals surface area contributed by atoms with Gasteiger partial charge in [-0.1, -0.05) is 6.92 Å². The highest BCUT2D eigenvalue weighted by molar-refractivity contribution is 8.02. The van der Waals surface area contributed by atoms with Crippen LogP contribution in [0.2, 0.25) is 0 Å². The lowest BCUT2D eigenvalue weighted by Gasteiger charge is -2.35. The Balaban J connectivity index is 1.48. The third-order valence-corrected chi connectivity index (χ3v) is 8.59. The maximum Gasteiger partial charge on any atom is 0.232 e. The maximum atomic E-state index is 12.5. The number of hydrogen-bond donors (Lipinski definition) is 0. The van der Waals surface area contributed by atoms with Crippen LogP contribution in [0.25, 0.3) is 0 Å². The number of likely N-dealkylation sites (tertiary alicyclic amines) is 2. The summed E-state index contributed by atoms with van der Waals surface area (Å²) in [4.78, 5) is 28.7. The van der Waals surface area contributed by atoms with Gasteiger partial charge in [0.05, 0.1) is 29.3 Å². The van der Waals surface area contributed by atoms with Crippen molar-refractivity contribution in [2.45, 2.75) is 43.5 Å². The Hall–Kier alpha value is -1.20. The minimum absolute atomic E-state index is 0.0384. The molecule has 8 heteroatoms. The second-order valence-corrected chi connectivity index (χ2v) is 10.7. The van der Waals surface area contributed by atoms with E-state index in [1.807, 2.05) is 16.7 Å². The fraction of sp³-hybridized carbons (Fsp3) is 0.765. The van der Waals surface area contributed by atoms with Crippen molar-refractivity contribution in [3.63, 3.8) is 0 Å². The van der Waals surface area contributed by atoms with Gasteiger partial charge in [0.2, 0.25) is 11.8 Å². The molecule has 138 valence electrons. The Labute approximate surface area is 153 Å². The third-order valence-electron chi connectivity index (χ3n) is 5.32. The number of nitrogens with zero attached hydrogens (tertiary/aromatic N) is 2. The van der Waals surface area contributed by atoms with Crippen molar-refractivity contribution in [1.82, 2.24) is 9.80 Å². The van der Waals surface area contributed by atoms with Gasteiger partial charge in [0, 0.05) is 30.7 Å². The van der Waals surface area contributed by atoms with Gasteiger partial charge < -0.3 is 9.80 Å². The van der Waals surface area contributed by atoms with E-state index < -0.39 is 9.84 Å². The van der Waals surface area contributed by atoms with Crippen molar-refractivity contribution < 1.29 is 18.0 Å². The van der Waals surface area contributed by atoms with Gasteiger partial charge in [-0.3, -0.25) is 9.59 Å². The van der Waals surface area contributed by atoms with Crippen molar-refractivity contribution in [1.29, 1.82) is 0 Å². The Kier molecular flexibility index (Phi) is 5.35. The van der Waals surface area contributed by atoms with Gasteiger partial charge in [-0.05, 0) is 12.8 Å². The molecule has 0 N–H and O–H groups in total. The van der Waals surface area contributed by atoms with Crippen molar-refractivity contribution in [2.75, 3.05) is 30.3 Å². The Morgan fingerprint density at radius 1 is 1.28 bits per heavy atom. The standard InChI is InChI=1S/C17H24N2O4S2/c1-3-4-12(2)17(21)19-9-13-7-14(19)8-18(13)16(20)10-24-15-5-6-25(22,23)11-15/h1,12-15H,4-11H2,2H3/t12-,13+,14+,15?/m1/s1. The van der Waals surface area contributed by atoms with E-state index in [9.17, 15) is 18.0 Å². The lowest BCUT2D eigenvalue weighted by Crippen LogP contribution is -2.52. The Bertz CT molecular complexity index is 700. The lowest BCUT2D eigenvalue weighted by molar-refractivity contribution is -0.140. The van der Waals surface area contributed by atoms with Crippen molar-refractivity contribution in [3.8, 4) is 12.3 Å². The predicted octanol–water partition coefficient (Wildman–Crippen LogP) is 0.378. The molecule has 2 amide bonds. The zero-order chi connectivity index (χ0) is 18.2. The fourth-order valence-corrected chi connectivity index (χ4v) is 7.48. The lowest BCUT2D eigenvalue weighted by atomic mass is 10.1. The molecule has 0 aliphatic carbocycles. The molecule has 0 saturated carbocycles. The van der Waals surface area contributed by atoms with E-state index in [-0.39, 0.29) is 46.6 Å². The van der Waals surface area contributed by atoms with E-state index >= 15 is 0 Å². The van der Waals surface area contributed by atoms with Crippen LogP contribution in [0.15, 0.2) is 0 Å². The van der Waals surface area contributed by atoms with Crippen LogP contribution in [0, 0.1) is 18.3 Å². The molecule has 25 heavy (non-hydrogen) atoms. The van der Waals surface area contributed by atoms with E-state index in [0.29, 0.717) is 31.7 Å². The number of amides is 2. The van der Waals surface area contributed by atoms with Crippen molar-refractivity contribution in [3.05, 3.63) is 0 Å². The summed E-state index contributed by atoms with van der Waals surface area (Å²) in [6.07, 6.45) is 7.21. The molecule has 3 saturated heterocycles. The Morgan fingerprint density at radius 2 is 1.96 bits per heavy atom. The number of sulfone groups is 1. The minimum atomic E-state index is -2.90. The first-order valence-electron chi connectivity index (χ1n) is 8.66. The monoisotopic (exact) mass is 384 g/mol. The van der Waals surface area contributed by atoms with Crippen LogP contribution in [0.1, 0.15) is 26.2 Å².